The lowest BCUT2D eigenvalue weighted by Gasteiger charge is -2.61. The topological polar surface area (TPSA) is 33.1 Å². The van der Waals surface area contributed by atoms with E-state index in [1.54, 1.807) is 23.1 Å². The maximum Gasteiger partial charge on any atom is 0.150 e. The minimum atomic E-state index is -0.559. The molecule has 0 amide bonds. The Hall–Kier alpha value is -0.840. The molecule has 7 atom stereocenters. The van der Waals surface area contributed by atoms with E-state index in [9.17, 15) is 5.11 Å². The molecule has 178 valence electrons. The first kappa shape index (κ1) is 22.6. The van der Waals surface area contributed by atoms with Crippen molar-refractivity contribution in [3.05, 3.63) is 36.5 Å². The highest BCUT2D eigenvalue weighted by Crippen LogP contribution is 2.68. The molecule has 1 N–H and O–H groups in total. The number of aliphatic hydroxyl groups is 1. The smallest absolute Gasteiger partial charge is 0.150 e. The summed E-state index contributed by atoms with van der Waals surface area (Å²) in [6.45, 7) is 5.11. The molecular formula is C29H39NOS2. The van der Waals surface area contributed by atoms with Gasteiger partial charge in [0, 0.05) is 17.4 Å². The van der Waals surface area contributed by atoms with Gasteiger partial charge in [0.05, 0.1) is 10.5 Å². The second kappa shape index (κ2) is 8.38. The molecule has 1 aromatic heterocycles. The van der Waals surface area contributed by atoms with Gasteiger partial charge in [0.2, 0.25) is 0 Å². The second-order valence-corrected chi connectivity index (χ2v) is 14.3. The largest absolute Gasteiger partial charge is 0.388 e. The number of thiazole rings is 1. The number of nitrogens with zero attached hydrogens (tertiary/aromatic N) is 1. The first-order chi connectivity index (χ1) is 15.9. The summed E-state index contributed by atoms with van der Waals surface area (Å²) in [7, 11) is 0. The fourth-order valence-electron chi connectivity index (χ4n) is 8.88. The molecule has 4 aliphatic rings. The van der Waals surface area contributed by atoms with Gasteiger partial charge < -0.3 is 5.11 Å². The van der Waals surface area contributed by atoms with Crippen molar-refractivity contribution in [2.45, 2.75) is 88.0 Å². The molecule has 6 rings (SSSR count). The normalized spacial score (nSPS) is 42.4. The summed E-state index contributed by atoms with van der Waals surface area (Å²) in [5, 5.41) is 12.1. The third kappa shape index (κ3) is 3.57. The van der Waals surface area contributed by atoms with Crippen molar-refractivity contribution in [1.82, 2.24) is 4.98 Å². The monoisotopic (exact) mass is 481 g/mol. The Morgan fingerprint density at radius 3 is 2.64 bits per heavy atom. The highest BCUT2D eigenvalue weighted by Gasteiger charge is 2.64. The molecule has 33 heavy (non-hydrogen) atoms. The molecule has 4 saturated carbocycles. The Balaban J connectivity index is 1.18. The van der Waals surface area contributed by atoms with Crippen LogP contribution in [0.4, 0.5) is 0 Å². The van der Waals surface area contributed by atoms with Gasteiger partial charge in [-0.2, -0.15) is 0 Å². The van der Waals surface area contributed by atoms with Gasteiger partial charge in [-0.05, 0) is 86.0 Å². The van der Waals surface area contributed by atoms with Crippen LogP contribution in [0.15, 0.2) is 40.9 Å². The van der Waals surface area contributed by atoms with Crippen molar-refractivity contribution in [1.29, 1.82) is 0 Å². The van der Waals surface area contributed by atoms with Gasteiger partial charge in [0.25, 0.3) is 0 Å². The predicted octanol–water partition coefficient (Wildman–Crippen LogP) is 8.07. The molecular weight excluding hydrogens is 442 g/mol. The van der Waals surface area contributed by atoms with Crippen LogP contribution in [0.2, 0.25) is 0 Å². The van der Waals surface area contributed by atoms with E-state index in [1.807, 2.05) is 6.20 Å². The van der Waals surface area contributed by atoms with Gasteiger partial charge in [-0.3, -0.25) is 0 Å². The van der Waals surface area contributed by atoms with E-state index in [0.29, 0.717) is 11.3 Å². The lowest BCUT2D eigenvalue weighted by Crippen LogP contribution is -2.56. The van der Waals surface area contributed by atoms with Gasteiger partial charge in [-0.1, -0.05) is 68.8 Å². The van der Waals surface area contributed by atoms with Crippen LogP contribution in [0.3, 0.4) is 0 Å². The molecule has 1 heterocycles. The van der Waals surface area contributed by atoms with Crippen molar-refractivity contribution in [2.75, 3.05) is 5.75 Å². The first-order valence-electron chi connectivity index (χ1n) is 13.3. The third-order valence-electron chi connectivity index (χ3n) is 10.9. The summed E-state index contributed by atoms with van der Waals surface area (Å²) >= 11 is 3.56. The van der Waals surface area contributed by atoms with Crippen molar-refractivity contribution in [3.63, 3.8) is 0 Å². The van der Waals surface area contributed by atoms with Crippen LogP contribution in [0.1, 0.15) is 78.1 Å². The summed E-state index contributed by atoms with van der Waals surface area (Å²) in [4.78, 5) is 5.92. The minimum Gasteiger partial charge on any atom is -0.388 e. The van der Waals surface area contributed by atoms with Crippen LogP contribution in [0.25, 0.3) is 10.4 Å². The van der Waals surface area contributed by atoms with Crippen molar-refractivity contribution < 1.29 is 5.11 Å². The van der Waals surface area contributed by atoms with Gasteiger partial charge in [-0.15, -0.1) is 11.3 Å². The highest BCUT2D eigenvalue weighted by atomic mass is 32.2. The van der Waals surface area contributed by atoms with Crippen molar-refractivity contribution >= 4 is 23.1 Å². The summed E-state index contributed by atoms with van der Waals surface area (Å²) < 4.78 is 1.10. The second-order valence-electron chi connectivity index (χ2n) is 12.1. The summed E-state index contributed by atoms with van der Waals surface area (Å²) in [5.74, 6) is 4.21. The molecule has 1 aromatic carbocycles. The Bertz CT molecular complexity index is 991. The average molecular weight is 482 g/mol. The Labute approximate surface area is 208 Å². The molecule has 0 bridgehead atoms. The van der Waals surface area contributed by atoms with E-state index >= 15 is 0 Å². The third-order valence-corrected chi connectivity index (χ3v) is 13.3. The van der Waals surface area contributed by atoms with E-state index in [1.165, 1.54) is 68.2 Å². The SMILES string of the molecule is C[C@]12CCCC[C@@H]1CC[C@@H]1[C@H]2CC[C@@]2(C)[C@H]1CC[C@@]2(O)CSc1ncc(-c2ccccc2)s1. The number of thioether (sulfide) groups is 1. The summed E-state index contributed by atoms with van der Waals surface area (Å²) in [6, 6.07) is 10.5. The standard InChI is InChI=1S/C29H39NOS2/c1-27-15-7-6-10-21(27)11-12-22-23(27)13-16-28(2)24(22)14-17-29(28,31)19-32-26-30-18-25(33-26)20-8-4-3-5-9-20/h3-5,8-9,18,21-24,31H,6-7,10-17,19H2,1-2H3/t21-,22-,23-,24+,27+,28+,29-/m1/s1. The number of hydrogen-bond acceptors (Lipinski definition) is 4. The van der Waals surface area contributed by atoms with E-state index in [0.717, 1.165) is 34.3 Å². The molecule has 4 heteroatoms. The van der Waals surface area contributed by atoms with Gasteiger partial charge in [-0.25, -0.2) is 4.98 Å². The zero-order valence-corrected chi connectivity index (χ0v) is 21.9. The molecule has 0 saturated heterocycles. The molecule has 0 aliphatic heterocycles. The molecule has 4 aliphatic carbocycles. The van der Waals surface area contributed by atoms with E-state index < -0.39 is 5.60 Å². The van der Waals surface area contributed by atoms with E-state index in [2.05, 4.69) is 44.2 Å². The molecule has 0 spiro atoms. The molecule has 0 radical (unpaired) electrons. The fourth-order valence-corrected chi connectivity index (χ4v) is 11.2. The summed E-state index contributed by atoms with van der Waals surface area (Å²) in [5.41, 5.74) is 1.32. The van der Waals surface area contributed by atoms with E-state index in [-0.39, 0.29) is 5.41 Å². The maximum absolute atomic E-state index is 12.1. The van der Waals surface area contributed by atoms with Gasteiger partial charge in [0.1, 0.15) is 4.34 Å². The minimum absolute atomic E-state index is 0.0680. The van der Waals surface area contributed by atoms with Crippen molar-refractivity contribution in [2.24, 2.45) is 34.5 Å². The van der Waals surface area contributed by atoms with Gasteiger partial charge in [0.15, 0.2) is 0 Å². The molecule has 2 nitrogen and oxygen atoms in total. The average Bonchev–Trinajstić information content (AvgIpc) is 3.41. The van der Waals surface area contributed by atoms with Crippen LogP contribution < -0.4 is 0 Å². The number of hydrogen-bond donors (Lipinski definition) is 1. The quantitative estimate of drug-likeness (QED) is 0.448. The zero-order chi connectivity index (χ0) is 22.7. The van der Waals surface area contributed by atoms with Crippen LogP contribution >= 0.6 is 23.1 Å². The molecule has 2 aromatic rings. The molecule has 4 fully saturated rings. The highest BCUT2D eigenvalue weighted by molar-refractivity contribution is 8.01. The first-order valence-corrected chi connectivity index (χ1v) is 15.1. The fraction of sp³-hybridized carbons (Fsp3) is 0.690. The van der Waals surface area contributed by atoms with Crippen LogP contribution in [-0.2, 0) is 0 Å². The lowest BCUT2D eigenvalue weighted by atomic mass is 9.44. The van der Waals surface area contributed by atoms with Crippen LogP contribution in [0.5, 0.6) is 0 Å². The number of aromatic nitrogens is 1. The number of rotatable bonds is 4. The van der Waals surface area contributed by atoms with Crippen LogP contribution in [-0.4, -0.2) is 21.4 Å². The van der Waals surface area contributed by atoms with E-state index in [4.69, 9.17) is 4.98 Å². The van der Waals surface area contributed by atoms with Crippen LogP contribution in [0, 0.1) is 34.5 Å². The maximum atomic E-state index is 12.1. The Morgan fingerprint density at radius 1 is 0.970 bits per heavy atom. The Kier molecular flexibility index (Phi) is 5.74. The lowest BCUT2D eigenvalue weighted by molar-refractivity contribution is -0.143. The number of fused-ring (bicyclic) bond motifs is 5. The van der Waals surface area contributed by atoms with Gasteiger partial charge >= 0.3 is 0 Å². The van der Waals surface area contributed by atoms with Crippen molar-refractivity contribution in [3.8, 4) is 10.4 Å². The number of benzene rings is 1. The summed E-state index contributed by atoms with van der Waals surface area (Å²) in [6.07, 6.45) is 15.4. The molecule has 0 unspecified atom stereocenters. The predicted molar refractivity (Wildman–Crippen MR) is 140 cm³/mol. The Morgan fingerprint density at radius 2 is 1.79 bits per heavy atom. The zero-order valence-electron chi connectivity index (χ0n) is 20.3.